The highest BCUT2D eigenvalue weighted by Gasteiger charge is 2.22. The molecule has 0 unspecified atom stereocenters. The first-order chi connectivity index (χ1) is 10.9. The number of sulfonamides is 1. The lowest BCUT2D eigenvalue weighted by atomic mass is 9.93. The summed E-state index contributed by atoms with van der Waals surface area (Å²) in [5, 5.41) is 12.4. The summed E-state index contributed by atoms with van der Waals surface area (Å²) in [7, 11) is -3.72. The van der Waals surface area contributed by atoms with E-state index in [0.717, 1.165) is 0 Å². The van der Waals surface area contributed by atoms with Crippen molar-refractivity contribution in [2.75, 3.05) is 6.54 Å². The molecule has 1 amide bonds. The van der Waals surface area contributed by atoms with Gasteiger partial charge < -0.3 is 10.4 Å². The van der Waals surface area contributed by atoms with Gasteiger partial charge in [-0.2, -0.15) is 4.72 Å². The summed E-state index contributed by atoms with van der Waals surface area (Å²) < 4.78 is 26.3. The van der Waals surface area contributed by atoms with Crippen LogP contribution in [0.4, 0.5) is 0 Å². The van der Waals surface area contributed by atoms with Gasteiger partial charge in [0.15, 0.2) is 0 Å². The molecule has 1 aliphatic carbocycles. The molecular weight excluding hydrogens is 316 g/mol. The molecule has 0 aromatic heterocycles. The molecule has 1 aromatic rings. The minimum atomic E-state index is -3.72. The third-order valence-electron chi connectivity index (χ3n) is 3.80. The van der Waals surface area contributed by atoms with Gasteiger partial charge in [0.2, 0.25) is 10.0 Å². The smallest absolute Gasteiger partial charge is 0.251 e. The molecule has 1 aromatic carbocycles. The van der Waals surface area contributed by atoms with Gasteiger partial charge in [0.25, 0.3) is 5.91 Å². The number of amides is 1. The van der Waals surface area contributed by atoms with Gasteiger partial charge in [-0.05, 0) is 43.9 Å². The van der Waals surface area contributed by atoms with Crippen LogP contribution in [-0.2, 0) is 10.0 Å². The minimum absolute atomic E-state index is 0.000494. The lowest BCUT2D eigenvalue weighted by molar-refractivity contribution is 0.0867. The average molecular weight is 336 g/mol. The molecule has 0 radical (unpaired) electrons. The molecule has 0 heterocycles. The Balaban J connectivity index is 2.07. The van der Waals surface area contributed by atoms with Crippen molar-refractivity contribution >= 4 is 15.9 Å². The number of nitrogens with one attached hydrogen (secondary N) is 2. The summed E-state index contributed by atoms with van der Waals surface area (Å²) >= 11 is 0. The Morgan fingerprint density at radius 3 is 2.65 bits per heavy atom. The van der Waals surface area contributed by atoms with Crippen LogP contribution in [0.1, 0.15) is 36.0 Å². The number of rotatable bonds is 5. The van der Waals surface area contributed by atoms with E-state index in [4.69, 9.17) is 6.42 Å². The largest absolute Gasteiger partial charge is 0.393 e. The van der Waals surface area contributed by atoms with E-state index >= 15 is 0 Å². The molecule has 0 saturated heterocycles. The first-order valence-electron chi connectivity index (χ1n) is 7.44. The lowest BCUT2D eigenvalue weighted by Crippen LogP contribution is -2.38. The first-order valence-corrected chi connectivity index (χ1v) is 8.93. The Kier molecular flexibility index (Phi) is 5.77. The topological polar surface area (TPSA) is 95.5 Å². The highest BCUT2D eigenvalue weighted by Crippen LogP contribution is 2.19. The molecule has 0 aliphatic heterocycles. The zero-order valence-electron chi connectivity index (χ0n) is 12.7. The van der Waals surface area contributed by atoms with Crippen molar-refractivity contribution in [3.63, 3.8) is 0 Å². The highest BCUT2D eigenvalue weighted by molar-refractivity contribution is 7.89. The van der Waals surface area contributed by atoms with Crippen LogP contribution in [0.25, 0.3) is 0 Å². The molecular formula is C16H20N2O4S. The van der Waals surface area contributed by atoms with Gasteiger partial charge in [-0.15, -0.1) is 6.42 Å². The van der Waals surface area contributed by atoms with Crippen molar-refractivity contribution in [1.82, 2.24) is 10.0 Å². The van der Waals surface area contributed by atoms with Gasteiger partial charge in [0, 0.05) is 11.6 Å². The number of hydrogen-bond acceptors (Lipinski definition) is 4. The van der Waals surface area contributed by atoms with Crippen molar-refractivity contribution in [1.29, 1.82) is 0 Å². The van der Waals surface area contributed by atoms with E-state index in [0.29, 0.717) is 25.7 Å². The number of hydrogen-bond donors (Lipinski definition) is 3. The summed E-state index contributed by atoms with van der Waals surface area (Å²) in [5.74, 6) is 1.88. The Hall–Kier alpha value is -1.88. The van der Waals surface area contributed by atoms with Crippen LogP contribution >= 0.6 is 0 Å². The first kappa shape index (κ1) is 17.5. The van der Waals surface area contributed by atoms with Crippen molar-refractivity contribution in [3.8, 4) is 12.3 Å². The van der Waals surface area contributed by atoms with Crippen LogP contribution in [-0.4, -0.2) is 38.1 Å². The molecule has 2 rings (SSSR count). The van der Waals surface area contributed by atoms with Crippen LogP contribution in [0.2, 0.25) is 0 Å². The Morgan fingerprint density at radius 2 is 2.00 bits per heavy atom. The minimum Gasteiger partial charge on any atom is -0.393 e. The predicted molar refractivity (Wildman–Crippen MR) is 86.2 cm³/mol. The fraction of sp³-hybridized carbons (Fsp3) is 0.438. The highest BCUT2D eigenvalue weighted by atomic mass is 32.2. The van der Waals surface area contributed by atoms with Crippen molar-refractivity contribution in [3.05, 3.63) is 29.8 Å². The van der Waals surface area contributed by atoms with Crippen LogP contribution in [0.5, 0.6) is 0 Å². The van der Waals surface area contributed by atoms with E-state index in [9.17, 15) is 18.3 Å². The van der Waals surface area contributed by atoms with E-state index in [-0.39, 0.29) is 35.1 Å². The molecule has 1 aliphatic rings. The molecule has 0 bridgehead atoms. The maximum Gasteiger partial charge on any atom is 0.251 e. The number of carbonyl (C=O) groups excluding carboxylic acids is 1. The third kappa shape index (κ3) is 4.79. The quantitative estimate of drug-likeness (QED) is 0.687. The Bertz CT molecular complexity index is 701. The fourth-order valence-corrected chi connectivity index (χ4v) is 3.49. The van der Waals surface area contributed by atoms with Gasteiger partial charge in [0.05, 0.1) is 17.5 Å². The molecule has 7 heteroatoms. The molecule has 1 saturated carbocycles. The van der Waals surface area contributed by atoms with Crippen molar-refractivity contribution < 1.29 is 18.3 Å². The van der Waals surface area contributed by atoms with Gasteiger partial charge in [-0.25, -0.2) is 8.42 Å². The van der Waals surface area contributed by atoms with Crippen LogP contribution in [0.3, 0.4) is 0 Å². The monoisotopic (exact) mass is 336 g/mol. The normalized spacial score (nSPS) is 21.4. The van der Waals surface area contributed by atoms with E-state index in [1.165, 1.54) is 18.2 Å². The molecule has 3 N–H and O–H groups in total. The van der Waals surface area contributed by atoms with Crippen molar-refractivity contribution in [2.45, 2.75) is 42.7 Å². The number of aliphatic hydroxyl groups excluding tert-OH is 1. The maximum atomic E-state index is 12.3. The SMILES string of the molecule is C#CCNS(=O)(=O)c1cccc(C(=O)NC2CCC(O)CC2)c1. The molecule has 1 fully saturated rings. The lowest BCUT2D eigenvalue weighted by Gasteiger charge is -2.26. The summed E-state index contributed by atoms with van der Waals surface area (Å²) in [6, 6.07) is 5.82. The van der Waals surface area contributed by atoms with Crippen LogP contribution < -0.4 is 10.0 Å². The number of benzene rings is 1. The second-order valence-corrected chi connectivity index (χ2v) is 7.30. The van der Waals surface area contributed by atoms with Gasteiger partial charge in [-0.3, -0.25) is 4.79 Å². The van der Waals surface area contributed by atoms with Crippen LogP contribution in [0.15, 0.2) is 29.2 Å². The van der Waals surface area contributed by atoms with E-state index in [1.54, 1.807) is 6.07 Å². The Labute approximate surface area is 136 Å². The molecule has 0 atom stereocenters. The number of aliphatic hydroxyl groups is 1. The summed E-state index contributed by atoms with van der Waals surface area (Å²) in [5.41, 5.74) is 0.278. The summed E-state index contributed by atoms with van der Waals surface area (Å²) in [6.07, 6.45) is 7.51. The predicted octanol–water partition coefficient (Wildman–Crippen LogP) is 0.631. The molecule has 23 heavy (non-hydrogen) atoms. The molecule has 124 valence electrons. The van der Waals surface area contributed by atoms with E-state index in [1.807, 2.05) is 0 Å². The van der Waals surface area contributed by atoms with Gasteiger partial charge >= 0.3 is 0 Å². The second kappa shape index (κ2) is 7.59. The third-order valence-corrected chi connectivity index (χ3v) is 5.20. The van der Waals surface area contributed by atoms with Crippen LogP contribution in [0, 0.1) is 12.3 Å². The number of terminal acetylenes is 1. The molecule has 6 nitrogen and oxygen atoms in total. The second-order valence-electron chi connectivity index (χ2n) is 5.54. The van der Waals surface area contributed by atoms with Crippen molar-refractivity contribution in [2.24, 2.45) is 0 Å². The van der Waals surface area contributed by atoms with E-state index < -0.39 is 10.0 Å². The standard InChI is InChI=1S/C16H20N2O4S/c1-2-10-17-23(21,22)15-5-3-4-12(11-15)16(20)18-13-6-8-14(19)9-7-13/h1,3-5,11,13-14,17,19H,6-10H2,(H,18,20). The maximum absolute atomic E-state index is 12.3. The Morgan fingerprint density at radius 1 is 1.30 bits per heavy atom. The summed E-state index contributed by atoms with van der Waals surface area (Å²) in [4.78, 5) is 12.3. The van der Waals surface area contributed by atoms with Gasteiger partial charge in [-0.1, -0.05) is 12.0 Å². The zero-order valence-corrected chi connectivity index (χ0v) is 13.5. The van der Waals surface area contributed by atoms with Gasteiger partial charge in [0.1, 0.15) is 0 Å². The zero-order chi connectivity index (χ0) is 16.9. The average Bonchev–Trinajstić information content (AvgIpc) is 2.55. The fourth-order valence-electron chi connectivity index (χ4n) is 2.51. The molecule has 0 spiro atoms. The number of carbonyl (C=O) groups is 1. The van der Waals surface area contributed by atoms with E-state index in [2.05, 4.69) is 16.0 Å². The summed E-state index contributed by atoms with van der Waals surface area (Å²) in [6.45, 7) is -0.108.